The molecule has 4 rings (SSSR count). The van der Waals surface area contributed by atoms with Gasteiger partial charge in [-0.15, -0.1) is 0 Å². The van der Waals surface area contributed by atoms with E-state index in [2.05, 4.69) is 43.1 Å². The number of aromatic nitrogens is 2. The molecule has 0 spiro atoms. The predicted molar refractivity (Wildman–Crippen MR) is 123 cm³/mol. The quantitative estimate of drug-likeness (QED) is 0.491. The second kappa shape index (κ2) is 9.38. The highest BCUT2D eigenvalue weighted by atomic mass is 32.2. The fourth-order valence-electron chi connectivity index (χ4n) is 3.82. The number of carbonyl (C=O) groups excluding carboxylic acids is 1. The van der Waals surface area contributed by atoms with Crippen LogP contribution in [-0.2, 0) is 5.75 Å². The summed E-state index contributed by atoms with van der Waals surface area (Å²) in [5.41, 5.74) is 2.95. The molecular formula is C24H32N4OS. The number of benzene rings is 1. The first kappa shape index (κ1) is 21.2. The predicted octanol–water partition coefficient (Wildman–Crippen LogP) is 5.16. The van der Waals surface area contributed by atoms with Crippen LogP contribution in [0.25, 0.3) is 0 Å². The SMILES string of the molecule is CC(C)c1cc(N2CCCC[C@@H]2C)nc(SCc2cccc(C(=O)NC3CC3)c2)n1. The summed E-state index contributed by atoms with van der Waals surface area (Å²) in [5, 5.41) is 3.88. The first-order valence-electron chi connectivity index (χ1n) is 11.2. The smallest absolute Gasteiger partial charge is 0.251 e. The van der Waals surface area contributed by atoms with Crippen molar-refractivity contribution < 1.29 is 4.79 Å². The summed E-state index contributed by atoms with van der Waals surface area (Å²) in [5.74, 6) is 2.20. The number of anilines is 1. The molecule has 6 heteroatoms. The fourth-order valence-corrected chi connectivity index (χ4v) is 4.63. The normalized spacial score (nSPS) is 19.2. The maximum atomic E-state index is 12.3. The van der Waals surface area contributed by atoms with Crippen molar-refractivity contribution in [2.24, 2.45) is 0 Å². The highest BCUT2D eigenvalue weighted by Gasteiger charge is 2.24. The third-order valence-corrected chi connectivity index (χ3v) is 6.79. The number of piperidine rings is 1. The first-order valence-corrected chi connectivity index (χ1v) is 12.2. The van der Waals surface area contributed by atoms with Gasteiger partial charge in [-0.25, -0.2) is 9.97 Å². The molecule has 1 saturated heterocycles. The van der Waals surface area contributed by atoms with Gasteiger partial charge in [0.15, 0.2) is 5.16 Å². The van der Waals surface area contributed by atoms with Gasteiger partial charge in [0.25, 0.3) is 5.91 Å². The van der Waals surface area contributed by atoms with E-state index in [1.807, 2.05) is 18.2 Å². The summed E-state index contributed by atoms with van der Waals surface area (Å²) < 4.78 is 0. The molecule has 2 fully saturated rings. The lowest BCUT2D eigenvalue weighted by Crippen LogP contribution is -2.38. The Morgan fingerprint density at radius 1 is 1.20 bits per heavy atom. The standard InChI is InChI=1S/C24H32N4OS/c1-16(2)21-14-22(28-12-5-4-7-17(28)3)27-24(26-21)30-15-18-8-6-9-19(13-18)23(29)25-20-10-11-20/h6,8-9,13-14,16-17,20H,4-5,7,10-12,15H2,1-3H3,(H,25,29)/t17-/m0/s1. The van der Waals surface area contributed by atoms with Gasteiger partial charge in [0.1, 0.15) is 5.82 Å². The molecule has 5 nitrogen and oxygen atoms in total. The minimum atomic E-state index is 0.0313. The molecule has 1 amide bonds. The molecule has 0 bridgehead atoms. The maximum absolute atomic E-state index is 12.3. The third-order valence-electron chi connectivity index (χ3n) is 5.87. The Morgan fingerprint density at radius 2 is 2.03 bits per heavy atom. The van der Waals surface area contributed by atoms with E-state index < -0.39 is 0 Å². The van der Waals surface area contributed by atoms with Crippen LogP contribution in [-0.4, -0.2) is 34.5 Å². The van der Waals surface area contributed by atoms with Gasteiger partial charge in [0.05, 0.1) is 0 Å². The van der Waals surface area contributed by atoms with E-state index in [0.717, 1.165) is 52.9 Å². The average molecular weight is 425 g/mol. The zero-order valence-electron chi connectivity index (χ0n) is 18.2. The van der Waals surface area contributed by atoms with Crippen LogP contribution < -0.4 is 10.2 Å². The van der Waals surface area contributed by atoms with Crippen molar-refractivity contribution >= 4 is 23.5 Å². The zero-order chi connectivity index (χ0) is 21.1. The Bertz CT molecular complexity index is 897. The van der Waals surface area contributed by atoms with E-state index in [9.17, 15) is 4.79 Å². The number of hydrogen-bond acceptors (Lipinski definition) is 5. The summed E-state index contributed by atoms with van der Waals surface area (Å²) in [6, 6.07) is 11.0. The Labute approximate surface area is 184 Å². The zero-order valence-corrected chi connectivity index (χ0v) is 19.0. The number of nitrogens with one attached hydrogen (secondary N) is 1. The van der Waals surface area contributed by atoms with Crippen molar-refractivity contribution in [1.29, 1.82) is 0 Å². The third kappa shape index (κ3) is 5.34. The van der Waals surface area contributed by atoms with Crippen LogP contribution >= 0.6 is 11.8 Å². The van der Waals surface area contributed by atoms with Crippen molar-refractivity contribution in [3.63, 3.8) is 0 Å². The Balaban J connectivity index is 1.49. The summed E-state index contributed by atoms with van der Waals surface area (Å²) in [6.45, 7) is 7.73. The van der Waals surface area contributed by atoms with Gasteiger partial charge >= 0.3 is 0 Å². The molecule has 0 unspecified atom stereocenters. The van der Waals surface area contributed by atoms with Crippen molar-refractivity contribution in [3.05, 3.63) is 47.2 Å². The van der Waals surface area contributed by atoms with Gasteiger partial charge < -0.3 is 10.2 Å². The molecule has 2 aromatic rings. The van der Waals surface area contributed by atoms with E-state index in [-0.39, 0.29) is 5.91 Å². The minimum absolute atomic E-state index is 0.0313. The van der Waals surface area contributed by atoms with Gasteiger partial charge in [-0.2, -0.15) is 0 Å². The summed E-state index contributed by atoms with van der Waals surface area (Å²) in [7, 11) is 0. The van der Waals surface area contributed by atoms with Crippen molar-refractivity contribution in [2.75, 3.05) is 11.4 Å². The maximum Gasteiger partial charge on any atom is 0.251 e. The van der Waals surface area contributed by atoms with Gasteiger partial charge in [-0.05, 0) is 62.6 Å². The molecule has 0 radical (unpaired) electrons. The van der Waals surface area contributed by atoms with E-state index in [1.165, 1.54) is 19.3 Å². The summed E-state index contributed by atoms with van der Waals surface area (Å²) in [4.78, 5) is 24.5. The molecule has 1 atom stereocenters. The molecule has 2 heterocycles. The van der Waals surface area contributed by atoms with Crippen molar-refractivity contribution in [2.45, 2.75) is 81.8 Å². The molecule has 1 aliphatic heterocycles. The highest BCUT2D eigenvalue weighted by molar-refractivity contribution is 7.98. The second-order valence-corrected chi connectivity index (χ2v) is 9.81. The molecule has 1 aromatic heterocycles. The second-order valence-electron chi connectivity index (χ2n) is 8.86. The minimum Gasteiger partial charge on any atom is -0.354 e. The Hall–Kier alpha value is -2.08. The Morgan fingerprint density at radius 3 is 2.77 bits per heavy atom. The van der Waals surface area contributed by atoms with E-state index >= 15 is 0 Å². The number of amides is 1. The van der Waals surface area contributed by atoms with Crippen LogP contribution in [0.15, 0.2) is 35.5 Å². The first-order chi connectivity index (χ1) is 14.5. The van der Waals surface area contributed by atoms with Crippen LogP contribution in [0.1, 0.15) is 80.4 Å². The lowest BCUT2D eigenvalue weighted by Gasteiger charge is -2.34. The van der Waals surface area contributed by atoms with Crippen LogP contribution in [0.2, 0.25) is 0 Å². The van der Waals surface area contributed by atoms with Gasteiger partial charge in [0.2, 0.25) is 0 Å². The van der Waals surface area contributed by atoms with E-state index in [0.29, 0.717) is 18.0 Å². The molecule has 2 aliphatic rings. The van der Waals surface area contributed by atoms with Gasteiger partial charge in [-0.1, -0.05) is 37.7 Å². The number of hydrogen-bond donors (Lipinski definition) is 1. The monoisotopic (exact) mass is 424 g/mol. The molecule has 1 aliphatic carbocycles. The lowest BCUT2D eigenvalue weighted by atomic mass is 10.0. The Kier molecular flexibility index (Phi) is 6.61. The van der Waals surface area contributed by atoms with Crippen LogP contribution in [0, 0.1) is 0 Å². The molecule has 1 N–H and O–H groups in total. The molecule has 30 heavy (non-hydrogen) atoms. The number of carbonyl (C=O) groups is 1. The fraction of sp³-hybridized carbons (Fsp3) is 0.542. The number of rotatable bonds is 7. The largest absolute Gasteiger partial charge is 0.354 e. The topological polar surface area (TPSA) is 58.1 Å². The molecule has 1 saturated carbocycles. The lowest BCUT2D eigenvalue weighted by molar-refractivity contribution is 0.0951. The molecule has 1 aromatic carbocycles. The van der Waals surface area contributed by atoms with Crippen LogP contribution in [0.4, 0.5) is 5.82 Å². The van der Waals surface area contributed by atoms with Gasteiger partial charge in [0, 0.05) is 41.7 Å². The van der Waals surface area contributed by atoms with Crippen molar-refractivity contribution in [3.8, 4) is 0 Å². The molecular weight excluding hydrogens is 392 g/mol. The van der Waals surface area contributed by atoms with Gasteiger partial charge in [-0.3, -0.25) is 4.79 Å². The summed E-state index contributed by atoms with van der Waals surface area (Å²) >= 11 is 1.65. The molecule has 160 valence electrons. The van der Waals surface area contributed by atoms with E-state index in [4.69, 9.17) is 9.97 Å². The highest BCUT2D eigenvalue weighted by Crippen LogP contribution is 2.29. The van der Waals surface area contributed by atoms with Crippen molar-refractivity contribution in [1.82, 2.24) is 15.3 Å². The number of thioether (sulfide) groups is 1. The van der Waals surface area contributed by atoms with E-state index in [1.54, 1.807) is 11.8 Å². The summed E-state index contributed by atoms with van der Waals surface area (Å²) in [6.07, 6.45) is 5.94. The van der Waals surface area contributed by atoms with Crippen LogP contribution in [0.3, 0.4) is 0 Å². The number of nitrogens with zero attached hydrogens (tertiary/aromatic N) is 3. The average Bonchev–Trinajstić information content (AvgIpc) is 3.56. The van der Waals surface area contributed by atoms with Crippen LogP contribution in [0.5, 0.6) is 0 Å².